The van der Waals surface area contributed by atoms with Gasteiger partial charge in [0.15, 0.2) is 0 Å². The molecule has 0 heterocycles. The third-order valence-corrected chi connectivity index (χ3v) is 4.58. The topological polar surface area (TPSA) is 15.3 Å². The highest BCUT2D eigenvalue weighted by molar-refractivity contribution is 5.23. The van der Waals surface area contributed by atoms with Crippen molar-refractivity contribution < 1.29 is 0 Å². The summed E-state index contributed by atoms with van der Waals surface area (Å²) in [6.45, 7) is 11.4. The van der Waals surface area contributed by atoms with Gasteiger partial charge >= 0.3 is 0 Å². The van der Waals surface area contributed by atoms with Gasteiger partial charge < -0.3 is 5.32 Å². The van der Waals surface area contributed by atoms with Crippen LogP contribution in [0, 0.1) is 0 Å². The van der Waals surface area contributed by atoms with Crippen molar-refractivity contribution in [2.24, 2.45) is 0 Å². The highest BCUT2D eigenvalue weighted by Gasteiger charge is 2.39. The molecular weight excluding hydrogens is 232 g/mol. The molecule has 0 radical (unpaired) electrons. The predicted molar refractivity (Wildman–Crippen MR) is 84.5 cm³/mol. The Balaban J connectivity index is 3.21. The minimum absolute atomic E-state index is 0.194. The molecular formula is C17H30N2. The van der Waals surface area contributed by atoms with Crippen LogP contribution in [0.1, 0.15) is 52.1 Å². The van der Waals surface area contributed by atoms with Crippen molar-refractivity contribution in [2.75, 3.05) is 20.1 Å². The first kappa shape index (κ1) is 16.2. The lowest BCUT2D eigenvalue weighted by molar-refractivity contribution is 0.0515. The summed E-state index contributed by atoms with van der Waals surface area (Å²) >= 11 is 0. The molecule has 1 unspecified atom stereocenters. The third-order valence-electron chi connectivity index (χ3n) is 4.58. The molecule has 0 spiro atoms. The van der Waals surface area contributed by atoms with Crippen molar-refractivity contribution in [1.29, 1.82) is 0 Å². The summed E-state index contributed by atoms with van der Waals surface area (Å²) in [4.78, 5) is 2.61. The molecule has 0 aromatic heterocycles. The van der Waals surface area contributed by atoms with Crippen molar-refractivity contribution >= 4 is 0 Å². The molecule has 0 fully saturated rings. The Morgan fingerprint density at radius 2 is 1.53 bits per heavy atom. The molecule has 1 aromatic rings. The van der Waals surface area contributed by atoms with Crippen molar-refractivity contribution in [2.45, 2.75) is 52.1 Å². The number of hydrogen-bond donors (Lipinski definition) is 1. The van der Waals surface area contributed by atoms with Crippen LogP contribution in [-0.2, 0) is 0 Å². The molecule has 0 bridgehead atoms. The molecule has 1 rings (SSSR count). The summed E-state index contributed by atoms with van der Waals surface area (Å²) in [6.07, 6.45) is 2.32. The fourth-order valence-corrected chi connectivity index (χ4v) is 3.53. The van der Waals surface area contributed by atoms with E-state index < -0.39 is 0 Å². The van der Waals surface area contributed by atoms with Gasteiger partial charge in [0.2, 0.25) is 0 Å². The molecule has 0 aliphatic heterocycles. The third kappa shape index (κ3) is 3.18. The summed E-state index contributed by atoms with van der Waals surface area (Å²) in [5, 5.41) is 3.57. The molecule has 2 nitrogen and oxygen atoms in total. The van der Waals surface area contributed by atoms with E-state index in [1.165, 1.54) is 5.56 Å². The largest absolute Gasteiger partial charge is 0.311 e. The molecule has 0 aliphatic carbocycles. The first-order valence-corrected chi connectivity index (χ1v) is 7.67. The maximum Gasteiger partial charge on any atom is 0.0504 e. The van der Waals surface area contributed by atoms with Crippen LogP contribution < -0.4 is 5.32 Å². The van der Waals surface area contributed by atoms with Gasteiger partial charge in [0, 0.05) is 5.54 Å². The second-order valence-corrected chi connectivity index (χ2v) is 5.12. The smallest absolute Gasteiger partial charge is 0.0504 e. The van der Waals surface area contributed by atoms with Crippen molar-refractivity contribution in [3.63, 3.8) is 0 Å². The molecule has 0 saturated carbocycles. The molecule has 1 N–H and O–H groups in total. The predicted octanol–water partition coefficient (Wildman–Crippen LogP) is 3.85. The van der Waals surface area contributed by atoms with Gasteiger partial charge in [-0.1, -0.05) is 58.0 Å². The normalized spacial score (nSPS) is 13.8. The summed E-state index contributed by atoms with van der Waals surface area (Å²) in [6, 6.07) is 11.2. The summed E-state index contributed by atoms with van der Waals surface area (Å²) < 4.78 is 0. The fourth-order valence-electron chi connectivity index (χ4n) is 3.53. The van der Waals surface area contributed by atoms with Gasteiger partial charge in [0.05, 0.1) is 6.04 Å². The first-order chi connectivity index (χ1) is 9.19. The van der Waals surface area contributed by atoms with E-state index in [2.05, 4.69) is 75.3 Å². The summed E-state index contributed by atoms with van der Waals surface area (Å²) in [7, 11) is 2.08. The molecule has 2 heteroatoms. The minimum atomic E-state index is 0.194. The number of nitrogens with one attached hydrogen (secondary N) is 1. The standard InChI is InChI=1S/C17H30N2/c1-6-17(7-2,19(8-3)9-4)16(18-5)15-13-11-10-12-14-15/h10-14,16,18H,6-9H2,1-5H3. The highest BCUT2D eigenvalue weighted by atomic mass is 15.2. The van der Waals surface area contributed by atoms with Gasteiger partial charge in [-0.3, -0.25) is 4.90 Å². The zero-order valence-corrected chi connectivity index (χ0v) is 13.2. The average molecular weight is 262 g/mol. The average Bonchev–Trinajstić information content (AvgIpc) is 2.48. The number of hydrogen-bond acceptors (Lipinski definition) is 2. The SMILES string of the molecule is CCN(CC)C(CC)(CC)C(NC)c1ccccc1. The molecule has 1 aromatic carbocycles. The van der Waals surface area contributed by atoms with Gasteiger partial charge in [0.25, 0.3) is 0 Å². The minimum Gasteiger partial charge on any atom is -0.311 e. The van der Waals surface area contributed by atoms with E-state index in [1.807, 2.05) is 0 Å². The van der Waals surface area contributed by atoms with Gasteiger partial charge in [-0.15, -0.1) is 0 Å². The lowest BCUT2D eigenvalue weighted by Crippen LogP contribution is -2.55. The van der Waals surface area contributed by atoms with Gasteiger partial charge in [0.1, 0.15) is 0 Å². The van der Waals surface area contributed by atoms with E-state index in [9.17, 15) is 0 Å². The number of benzene rings is 1. The van der Waals surface area contributed by atoms with Crippen LogP contribution in [0.4, 0.5) is 0 Å². The van der Waals surface area contributed by atoms with Crippen molar-refractivity contribution in [1.82, 2.24) is 10.2 Å². The molecule has 1 atom stereocenters. The van der Waals surface area contributed by atoms with Crippen molar-refractivity contribution in [3.8, 4) is 0 Å². The molecule has 0 aliphatic rings. The maximum absolute atomic E-state index is 3.57. The molecule has 0 saturated heterocycles. The number of nitrogens with zero attached hydrogens (tertiary/aromatic N) is 1. The van der Waals surface area contributed by atoms with E-state index in [4.69, 9.17) is 0 Å². The van der Waals surface area contributed by atoms with Crippen LogP contribution >= 0.6 is 0 Å². The highest BCUT2D eigenvalue weighted by Crippen LogP contribution is 2.37. The summed E-state index contributed by atoms with van der Waals surface area (Å²) in [5.41, 5.74) is 1.58. The lowest BCUT2D eigenvalue weighted by Gasteiger charge is -2.48. The Kier molecular flexibility index (Phi) is 6.53. The molecule has 108 valence electrons. The lowest BCUT2D eigenvalue weighted by atomic mass is 9.79. The van der Waals surface area contributed by atoms with E-state index in [-0.39, 0.29) is 5.54 Å². The fraction of sp³-hybridized carbons (Fsp3) is 0.647. The number of rotatable bonds is 8. The van der Waals surface area contributed by atoms with Gasteiger partial charge in [-0.25, -0.2) is 0 Å². The Labute approximate surface area is 119 Å². The second-order valence-electron chi connectivity index (χ2n) is 5.12. The number of likely N-dealkylation sites (N-methyl/N-ethyl adjacent to an activating group) is 2. The molecule has 19 heavy (non-hydrogen) atoms. The van der Waals surface area contributed by atoms with Crippen molar-refractivity contribution in [3.05, 3.63) is 35.9 Å². The van der Waals surface area contributed by atoms with Gasteiger partial charge in [-0.2, -0.15) is 0 Å². The van der Waals surface area contributed by atoms with Crippen LogP contribution in [0.3, 0.4) is 0 Å². The Bertz CT molecular complexity index is 340. The Morgan fingerprint density at radius 1 is 1.00 bits per heavy atom. The van der Waals surface area contributed by atoms with Crippen LogP contribution in [0.25, 0.3) is 0 Å². The monoisotopic (exact) mass is 262 g/mol. The van der Waals surface area contributed by atoms with Gasteiger partial charge in [-0.05, 0) is 38.5 Å². The Morgan fingerprint density at radius 3 is 1.89 bits per heavy atom. The summed E-state index contributed by atoms with van der Waals surface area (Å²) in [5.74, 6) is 0. The van der Waals surface area contributed by atoms with E-state index in [1.54, 1.807) is 0 Å². The zero-order chi connectivity index (χ0) is 14.3. The van der Waals surface area contributed by atoms with E-state index in [0.717, 1.165) is 25.9 Å². The zero-order valence-electron chi connectivity index (χ0n) is 13.2. The van der Waals surface area contributed by atoms with E-state index >= 15 is 0 Å². The quantitative estimate of drug-likeness (QED) is 0.765. The van der Waals surface area contributed by atoms with Crippen LogP contribution in [0.15, 0.2) is 30.3 Å². The maximum atomic E-state index is 3.57. The first-order valence-electron chi connectivity index (χ1n) is 7.67. The Hall–Kier alpha value is -0.860. The second kappa shape index (κ2) is 7.66. The van der Waals surface area contributed by atoms with Crippen LogP contribution in [0.2, 0.25) is 0 Å². The van der Waals surface area contributed by atoms with E-state index in [0.29, 0.717) is 6.04 Å². The van der Waals surface area contributed by atoms with Crippen LogP contribution in [-0.4, -0.2) is 30.6 Å². The molecule has 0 amide bonds. The van der Waals surface area contributed by atoms with Crippen LogP contribution in [0.5, 0.6) is 0 Å².